The van der Waals surface area contributed by atoms with Gasteiger partial charge in [0.05, 0.1) is 25.5 Å². The monoisotopic (exact) mass is 384 g/mol. The van der Waals surface area contributed by atoms with Gasteiger partial charge in [-0.2, -0.15) is 0 Å². The molecule has 1 aliphatic heterocycles. The van der Waals surface area contributed by atoms with Gasteiger partial charge in [-0.3, -0.25) is 4.79 Å². The van der Waals surface area contributed by atoms with Crippen LogP contribution in [0.1, 0.15) is 56.3 Å². The number of hydrogen-bond donors (Lipinski definition) is 1. The van der Waals surface area contributed by atoms with Crippen LogP contribution in [0.4, 0.5) is 5.95 Å². The predicted molar refractivity (Wildman–Crippen MR) is 107 cm³/mol. The number of anilines is 1. The molecule has 28 heavy (non-hydrogen) atoms. The van der Waals surface area contributed by atoms with Gasteiger partial charge < -0.3 is 15.0 Å². The Morgan fingerprint density at radius 1 is 1.14 bits per heavy atom. The third-order valence-corrected chi connectivity index (χ3v) is 7.36. The fourth-order valence-corrected chi connectivity index (χ4v) is 6.71. The second kappa shape index (κ2) is 7.29. The highest BCUT2D eigenvalue weighted by Gasteiger charge is 2.51. The van der Waals surface area contributed by atoms with Crippen LogP contribution in [0.2, 0.25) is 0 Å². The number of aromatic nitrogens is 2. The molecule has 0 spiro atoms. The van der Waals surface area contributed by atoms with Crippen LogP contribution in [-0.4, -0.2) is 42.2 Å². The Labute approximate surface area is 167 Å². The highest BCUT2D eigenvalue weighted by atomic mass is 16.5. The summed E-state index contributed by atoms with van der Waals surface area (Å²) in [5, 5.41) is 3.16. The van der Waals surface area contributed by atoms with Crippen molar-refractivity contribution in [3.8, 4) is 0 Å². The zero-order valence-electron chi connectivity index (χ0n) is 17.0. The minimum atomic E-state index is 0.200. The van der Waals surface area contributed by atoms with Gasteiger partial charge in [-0.05, 0) is 74.7 Å². The molecule has 5 fully saturated rings. The van der Waals surface area contributed by atoms with Gasteiger partial charge in [-0.15, -0.1) is 0 Å². The van der Waals surface area contributed by atoms with E-state index in [1.807, 2.05) is 13.0 Å². The zero-order valence-corrected chi connectivity index (χ0v) is 17.0. The van der Waals surface area contributed by atoms with Gasteiger partial charge in [-0.25, -0.2) is 9.97 Å². The van der Waals surface area contributed by atoms with Crippen LogP contribution >= 0.6 is 0 Å². The zero-order chi connectivity index (χ0) is 19.1. The molecule has 152 valence electrons. The van der Waals surface area contributed by atoms with E-state index in [1.54, 1.807) is 0 Å². The average molecular weight is 385 g/mol. The highest BCUT2D eigenvalue weighted by Crippen LogP contribution is 2.61. The van der Waals surface area contributed by atoms with E-state index in [1.165, 1.54) is 38.5 Å². The summed E-state index contributed by atoms with van der Waals surface area (Å²) in [6.07, 6.45) is 8.81. The molecule has 0 unspecified atom stereocenters. The van der Waals surface area contributed by atoms with Crippen molar-refractivity contribution in [2.24, 2.45) is 23.2 Å². The van der Waals surface area contributed by atoms with Gasteiger partial charge in [-0.1, -0.05) is 0 Å². The third-order valence-electron chi connectivity index (χ3n) is 7.36. The quantitative estimate of drug-likeness (QED) is 0.846. The molecule has 0 atom stereocenters. The molecule has 1 aromatic heterocycles. The maximum atomic E-state index is 12.8. The van der Waals surface area contributed by atoms with E-state index in [2.05, 4.69) is 15.2 Å². The van der Waals surface area contributed by atoms with Crippen LogP contribution in [0, 0.1) is 30.1 Å². The molecular formula is C22H32N4O2. The Morgan fingerprint density at radius 2 is 1.79 bits per heavy atom. The molecule has 5 aliphatic rings. The number of aryl methyl sites for hydroxylation is 1. The standard InChI is InChI=1S/C22H32N4O2/c1-15-6-19(25-21(24-15)26-2-4-28-5-3-26)14-23-20(27)13-22-10-16-7-17(11-22)9-18(8-16)12-22/h6,16-18H,2-5,7-14H2,1H3,(H,23,27). The molecule has 0 aromatic carbocycles. The first-order valence-electron chi connectivity index (χ1n) is 11.0. The Kier molecular flexibility index (Phi) is 4.77. The average Bonchev–Trinajstić information content (AvgIpc) is 2.65. The van der Waals surface area contributed by atoms with Gasteiger partial charge >= 0.3 is 0 Å². The van der Waals surface area contributed by atoms with E-state index < -0.39 is 0 Å². The van der Waals surface area contributed by atoms with E-state index in [9.17, 15) is 4.79 Å². The Bertz CT molecular complexity index is 709. The number of hydrogen-bond acceptors (Lipinski definition) is 5. The summed E-state index contributed by atoms with van der Waals surface area (Å²) in [6.45, 7) is 5.56. The summed E-state index contributed by atoms with van der Waals surface area (Å²) >= 11 is 0. The lowest BCUT2D eigenvalue weighted by molar-refractivity contribution is -0.129. The van der Waals surface area contributed by atoms with Crippen LogP contribution in [0.5, 0.6) is 0 Å². The number of carbonyl (C=O) groups excluding carboxylic acids is 1. The second-order valence-electron chi connectivity index (χ2n) is 9.77. The van der Waals surface area contributed by atoms with E-state index >= 15 is 0 Å². The summed E-state index contributed by atoms with van der Waals surface area (Å²) in [4.78, 5) is 24.2. The van der Waals surface area contributed by atoms with E-state index in [0.717, 1.165) is 48.2 Å². The molecule has 6 rings (SSSR count). The highest BCUT2D eigenvalue weighted by molar-refractivity contribution is 5.76. The lowest BCUT2D eigenvalue weighted by Gasteiger charge is -2.56. The summed E-state index contributed by atoms with van der Waals surface area (Å²) in [5.74, 6) is 3.62. The number of nitrogens with one attached hydrogen (secondary N) is 1. The van der Waals surface area contributed by atoms with Gasteiger partial charge in [0, 0.05) is 25.2 Å². The summed E-state index contributed by atoms with van der Waals surface area (Å²) in [5.41, 5.74) is 2.13. The number of rotatable bonds is 5. The first-order chi connectivity index (χ1) is 13.6. The molecule has 4 saturated carbocycles. The number of amides is 1. The van der Waals surface area contributed by atoms with Crippen LogP contribution in [0.3, 0.4) is 0 Å². The number of morpholine rings is 1. The van der Waals surface area contributed by atoms with Crippen molar-refractivity contribution in [2.45, 2.75) is 58.4 Å². The van der Waals surface area contributed by atoms with Crippen molar-refractivity contribution in [3.05, 3.63) is 17.5 Å². The van der Waals surface area contributed by atoms with E-state index in [4.69, 9.17) is 9.72 Å². The maximum absolute atomic E-state index is 12.8. The van der Waals surface area contributed by atoms with Crippen LogP contribution in [-0.2, 0) is 16.1 Å². The number of carbonyl (C=O) groups is 1. The van der Waals surface area contributed by atoms with Gasteiger partial charge in [0.2, 0.25) is 11.9 Å². The van der Waals surface area contributed by atoms with Crippen molar-refractivity contribution in [2.75, 3.05) is 31.2 Å². The maximum Gasteiger partial charge on any atom is 0.225 e. The molecule has 1 N–H and O–H groups in total. The van der Waals surface area contributed by atoms with Crippen molar-refractivity contribution in [3.63, 3.8) is 0 Å². The number of ether oxygens (including phenoxy) is 1. The minimum Gasteiger partial charge on any atom is -0.378 e. The molecule has 6 nitrogen and oxygen atoms in total. The molecule has 1 amide bonds. The van der Waals surface area contributed by atoms with Crippen molar-refractivity contribution < 1.29 is 9.53 Å². The van der Waals surface area contributed by atoms with Gasteiger partial charge in [0.25, 0.3) is 0 Å². The van der Waals surface area contributed by atoms with Crippen LogP contribution in [0.25, 0.3) is 0 Å². The molecule has 1 saturated heterocycles. The fourth-order valence-electron chi connectivity index (χ4n) is 6.71. The SMILES string of the molecule is Cc1cc(CNC(=O)CC23CC4CC(CC(C4)C2)C3)nc(N2CCOCC2)n1. The molecule has 0 radical (unpaired) electrons. The molecule has 6 heteroatoms. The van der Waals surface area contributed by atoms with Crippen molar-refractivity contribution in [1.82, 2.24) is 15.3 Å². The second-order valence-corrected chi connectivity index (χ2v) is 9.77. The molecule has 4 bridgehead atoms. The first-order valence-corrected chi connectivity index (χ1v) is 11.0. The smallest absolute Gasteiger partial charge is 0.225 e. The van der Waals surface area contributed by atoms with Crippen LogP contribution < -0.4 is 10.2 Å². The van der Waals surface area contributed by atoms with E-state index in [0.29, 0.717) is 31.6 Å². The topological polar surface area (TPSA) is 67.4 Å². The Balaban J connectivity index is 1.20. The summed E-state index contributed by atoms with van der Waals surface area (Å²) in [6, 6.07) is 1.98. The largest absolute Gasteiger partial charge is 0.378 e. The predicted octanol–water partition coefficient (Wildman–Crippen LogP) is 2.84. The Hall–Kier alpha value is -1.69. The van der Waals surface area contributed by atoms with E-state index in [-0.39, 0.29) is 5.91 Å². The van der Waals surface area contributed by atoms with Gasteiger partial charge in [0.15, 0.2) is 0 Å². The van der Waals surface area contributed by atoms with Crippen LogP contribution in [0.15, 0.2) is 6.07 Å². The number of nitrogens with zero attached hydrogens (tertiary/aromatic N) is 3. The molecule has 1 aromatic rings. The Morgan fingerprint density at radius 3 is 2.43 bits per heavy atom. The minimum absolute atomic E-state index is 0.200. The molecule has 2 heterocycles. The molecular weight excluding hydrogens is 352 g/mol. The summed E-state index contributed by atoms with van der Waals surface area (Å²) < 4.78 is 5.42. The molecule has 4 aliphatic carbocycles. The third kappa shape index (κ3) is 3.76. The summed E-state index contributed by atoms with van der Waals surface area (Å²) in [7, 11) is 0. The normalized spacial score (nSPS) is 33.9. The first kappa shape index (κ1) is 18.3. The lowest BCUT2D eigenvalue weighted by Crippen LogP contribution is -2.48. The fraction of sp³-hybridized carbons (Fsp3) is 0.773. The van der Waals surface area contributed by atoms with Crippen molar-refractivity contribution in [1.29, 1.82) is 0 Å². The van der Waals surface area contributed by atoms with Gasteiger partial charge in [0.1, 0.15) is 0 Å². The lowest BCUT2D eigenvalue weighted by atomic mass is 9.49. The van der Waals surface area contributed by atoms with Crippen molar-refractivity contribution >= 4 is 11.9 Å².